The van der Waals surface area contributed by atoms with Crippen LogP contribution in [0.25, 0.3) is 11.2 Å². The van der Waals surface area contributed by atoms with Gasteiger partial charge >= 0.3 is 13.5 Å². The lowest BCUT2D eigenvalue weighted by molar-refractivity contribution is -0.145. The Hall–Kier alpha value is -4.29. The standard InChI is InChI=1S/C28H35N8O5P/c1-3-15-30-25-24-26(33-28(32-25)34-29)36(19-31-24)16-17-39-20-42(38,41-22-13-9-6-10-14-22)35-23(27(37)40-4-2)18-21-11-7-5-8-12-21/h3,5-14,19,23H,1,4,15-18,20,29H2,2H3,(H,35,38)(H2,30,32,33,34). The molecule has 4 aromatic rings. The second kappa shape index (κ2) is 15.1. The van der Waals surface area contributed by atoms with Gasteiger partial charge in [-0.25, -0.2) is 15.9 Å². The van der Waals surface area contributed by atoms with Crippen molar-refractivity contribution in [2.24, 2.45) is 5.84 Å². The number of nitrogens with zero attached hydrogens (tertiary/aromatic N) is 4. The van der Waals surface area contributed by atoms with E-state index in [1.54, 1.807) is 48.2 Å². The van der Waals surface area contributed by atoms with Gasteiger partial charge in [0, 0.05) is 13.1 Å². The maximum absolute atomic E-state index is 14.1. The van der Waals surface area contributed by atoms with Crippen LogP contribution in [-0.4, -0.2) is 57.6 Å². The van der Waals surface area contributed by atoms with Gasteiger partial charge in [-0.15, -0.1) is 6.58 Å². The zero-order valence-electron chi connectivity index (χ0n) is 23.3. The van der Waals surface area contributed by atoms with Crippen molar-refractivity contribution in [2.45, 2.75) is 25.9 Å². The topological polar surface area (TPSA) is 168 Å². The Balaban J connectivity index is 1.49. The highest BCUT2D eigenvalue weighted by Gasteiger charge is 2.33. The fraction of sp³-hybridized carbons (Fsp3) is 0.286. The molecule has 0 aliphatic carbocycles. The zero-order chi connectivity index (χ0) is 29.8. The predicted molar refractivity (Wildman–Crippen MR) is 161 cm³/mol. The first-order chi connectivity index (χ1) is 20.4. The van der Waals surface area contributed by atoms with Crippen molar-refractivity contribution in [1.29, 1.82) is 0 Å². The number of nitrogens with two attached hydrogens (primary N) is 1. The van der Waals surface area contributed by atoms with Crippen LogP contribution in [0, 0.1) is 0 Å². The lowest BCUT2D eigenvalue weighted by atomic mass is 10.1. The van der Waals surface area contributed by atoms with E-state index < -0.39 is 19.5 Å². The second-order valence-electron chi connectivity index (χ2n) is 9.06. The average Bonchev–Trinajstić information content (AvgIpc) is 3.41. The molecule has 42 heavy (non-hydrogen) atoms. The molecular weight excluding hydrogens is 559 g/mol. The van der Waals surface area contributed by atoms with E-state index in [4.69, 9.17) is 19.8 Å². The smallest absolute Gasteiger partial charge is 0.342 e. The van der Waals surface area contributed by atoms with E-state index >= 15 is 0 Å². The van der Waals surface area contributed by atoms with E-state index in [2.05, 4.69) is 37.4 Å². The quantitative estimate of drug-likeness (QED) is 0.0350. The predicted octanol–water partition coefficient (Wildman–Crippen LogP) is 3.72. The Morgan fingerprint density at radius 2 is 1.88 bits per heavy atom. The van der Waals surface area contributed by atoms with E-state index in [0.29, 0.717) is 35.8 Å². The van der Waals surface area contributed by atoms with Gasteiger partial charge in [-0.05, 0) is 31.0 Å². The molecule has 4 rings (SSSR count). The average molecular weight is 595 g/mol. The minimum atomic E-state index is -3.77. The number of hydrazine groups is 1. The summed E-state index contributed by atoms with van der Waals surface area (Å²) in [7, 11) is -3.77. The molecule has 0 aliphatic rings. The number of ether oxygens (including phenoxy) is 2. The molecule has 2 atom stereocenters. The first-order valence-corrected chi connectivity index (χ1v) is 15.2. The summed E-state index contributed by atoms with van der Waals surface area (Å²) in [6.07, 6.45) is 3.25. The molecule has 2 heterocycles. The fourth-order valence-electron chi connectivity index (χ4n) is 4.07. The molecule has 0 saturated heterocycles. The van der Waals surface area contributed by atoms with Crippen LogP contribution in [0.15, 0.2) is 79.6 Å². The summed E-state index contributed by atoms with van der Waals surface area (Å²) in [5.74, 6) is 6.11. The molecule has 222 valence electrons. The summed E-state index contributed by atoms with van der Waals surface area (Å²) in [4.78, 5) is 26.0. The first-order valence-electron chi connectivity index (χ1n) is 13.4. The van der Waals surface area contributed by atoms with Crippen LogP contribution in [-0.2, 0) is 31.8 Å². The van der Waals surface area contributed by atoms with Crippen molar-refractivity contribution in [1.82, 2.24) is 24.6 Å². The molecule has 2 aromatic carbocycles. The summed E-state index contributed by atoms with van der Waals surface area (Å²) in [6, 6.07) is 17.2. The third-order valence-corrected chi connectivity index (χ3v) is 7.68. The molecule has 0 saturated carbocycles. The molecule has 0 bridgehead atoms. The third kappa shape index (κ3) is 8.37. The second-order valence-corrected chi connectivity index (χ2v) is 11.1. The fourth-order valence-corrected chi connectivity index (χ4v) is 5.75. The van der Waals surface area contributed by atoms with Crippen LogP contribution in [0.2, 0.25) is 0 Å². The largest absolute Gasteiger partial charge is 0.465 e. The van der Waals surface area contributed by atoms with Crippen LogP contribution in [0.3, 0.4) is 0 Å². The maximum atomic E-state index is 14.1. The third-order valence-electron chi connectivity index (χ3n) is 5.95. The summed E-state index contributed by atoms with van der Waals surface area (Å²) < 4.78 is 33.0. The first kappa shape index (κ1) is 30.7. The Bertz CT molecular complexity index is 1500. The van der Waals surface area contributed by atoms with Crippen LogP contribution in [0.1, 0.15) is 12.5 Å². The van der Waals surface area contributed by atoms with E-state index in [-0.39, 0.29) is 31.9 Å². The van der Waals surface area contributed by atoms with Crippen LogP contribution in [0.5, 0.6) is 5.75 Å². The minimum Gasteiger partial charge on any atom is -0.465 e. The highest BCUT2D eigenvalue weighted by Crippen LogP contribution is 2.44. The zero-order valence-corrected chi connectivity index (χ0v) is 24.2. The Morgan fingerprint density at radius 1 is 1.14 bits per heavy atom. The summed E-state index contributed by atoms with van der Waals surface area (Å²) in [6.45, 7) is 6.55. The maximum Gasteiger partial charge on any atom is 0.342 e. The monoisotopic (exact) mass is 594 g/mol. The number of anilines is 2. The van der Waals surface area contributed by atoms with Gasteiger partial charge in [0.25, 0.3) is 0 Å². The van der Waals surface area contributed by atoms with Crippen molar-refractivity contribution < 1.29 is 23.4 Å². The number of carbonyl (C=O) groups is 1. The van der Waals surface area contributed by atoms with Crippen LogP contribution in [0.4, 0.5) is 11.8 Å². The van der Waals surface area contributed by atoms with Crippen molar-refractivity contribution in [3.8, 4) is 5.75 Å². The number of hydrogen-bond acceptors (Lipinski definition) is 11. The molecule has 14 heteroatoms. The van der Waals surface area contributed by atoms with Crippen molar-refractivity contribution in [3.63, 3.8) is 0 Å². The number of nitrogens with one attached hydrogen (secondary N) is 3. The highest BCUT2D eigenvalue weighted by atomic mass is 31.2. The molecular formula is C28H35N8O5P. The van der Waals surface area contributed by atoms with E-state index in [1.807, 2.05) is 36.4 Å². The van der Waals surface area contributed by atoms with E-state index in [1.165, 1.54) is 0 Å². The van der Waals surface area contributed by atoms with Gasteiger partial charge in [0.15, 0.2) is 17.0 Å². The van der Waals surface area contributed by atoms with Crippen molar-refractivity contribution >= 4 is 36.4 Å². The number of fused-ring (bicyclic) bond motifs is 1. The van der Waals surface area contributed by atoms with E-state index in [0.717, 1.165) is 5.56 Å². The van der Waals surface area contributed by atoms with Gasteiger partial charge < -0.3 is 23.9 Å². The molecule has 2 aromatic heterocycles. The minimum absolute atomic E-state index is 0.142. The number of nitrogen functional groups attached to an aromatic ring is 1. The molecule has 0 fully saturated rings. The number of para-hydroxylation sites is 1. The molecule has 0 aliphatic heterocycles. The number of carbonyl (C=O) groups excluding carboxylic acids is 1. The van der Waals surface area contributed by atoms with Crippen LogP contribution >= 0.6 is 7.52 Å². The normalized spacial score (nSPS) is 13.2. The Labute approximate surface area is 244 Å². The van der Waals surface area contributed by atoms with Crippen molar-refractivity contribution in [3.05, 3.63) is 85.2 Å². The van der Waals surface area contributed by atoms with Gasteiger partial charge in [0.05, 0.1) is 19.5 Å². The molecule has 13 nitrogen and oxygen atoms in total. The number of hydrogen-bond donors (Lipinski definition) is 4. The summed E-state index contributed by atoms with van der Waals surface area (Å²) in [5.41, 5.74) is 4.41. The van der Waals surface area contributed by atoms with Gasteiger partial charge in [0.2, 0.25) is 5.95 Å². The Morgan fingerprint density at radius 3 is 2.57 bits per heavy atom. The summed E-state index contributed by atoms with van der Waals surface area (Å²) >= 11 is 0. The highest BCUT2D eigenvalue weighted by molar-refractivity contribution is 7.57. The lowest BCUT2D eigenvalue weighted by Crippen LogP contribution is -2.39. The van der Waals surface area contributed by atoms with Gasteiger partial charge in [0.1, 0.15) is 18.1 Å². The lowest BCUT2D eigenvalue weighted by Gasteiger charge is -2.25. The molecule has 2 unspecified atom stereocenters. The SMILES string of the molecule is C=CCNc1nc(NN)nc2c1ncn2CCOCP(=O)(NC(Cc1ccccc1)C(=O)OCC)Oc1ccccc1. The van der Waals surface area contributed by atoms with E-state index in [9.17, 15) is 9.36 Å². The van der Waals surface area contributed by atoms with Crippen molar-refractivity contribution in [2.75, 3.05) is 36.8 Å². The molecule has 0 radical (unpaired) electrons. The van der Waals surface area contributed by atoms with Gasteiger partial charge in [-0.1, -0.05) is 54.6 Å². The molecule has 5 N–H and O–H groups in total. The number of esters is 1. The Kier molecular flexibility index (Phi) is 11.0. The summed E-state index contributed by atoms with van der Waals surface area (Å²) in [5, 5.41) is 6.05. The molecule has 0 spiro atoms. The number of imidazole rings is 1. The van der Waals surface area contributed by atoms with Gasteiger partial charge in [-0.3, -0.25) is 14.8 Å². The number of rotatable bonds is 17. The van der Waals surface area contributed by atoms with Crippen LogP contribution < -0.4 is 26.2 Å². The van der Waals surface area contributed by atoms with Gasteiger partial charge in [-0.2, -0.15) is 9.97 Å². The number of aromatic nitrogens is 4. The number of benzene rings is 2. The molecule has 0 amide bonds.